The predicted molar refractivity (Wildman–Crippen MR) is 63.3 cm³/mol. The quantitative estimate of drug-likeness (QED) is 0.849. The van der Waals surface area contributed by atoms with Crippen LogP contribution < -0.4 is 5.32 Å². The van der Waals surface area contributed by atoms with E-state index in [9.17, 15) is 0 Å². The Bertz CT molecular complexity index is 495. The van der Waals surface area contributed by atoms with Crippen LogP contribution in [0.15, 0.2) is 12.5 Å². The lowest BCUT2D eigenvalue weighted by molar-refractivity contribution is 0.887. The monoisotopic (exact) mass is 217 g/mol. The summed E-state index contributed by atoms with van der Waals surface area (Å²) in [4.78, 5) is 17.0. The number of aromatic nitrogens is 4. The zero-order valence-corrected chi connectivity index (χ0v) is 9.73. The number of nitrogens with zero attached hydrogens (tertiary/aromatic N) is 4. The topological polar surface area (TPSA) is 63.6 Å². The summed E-state index contributed by atoms with van der Waals surface area (Å²) in [6.07, 6.45) is 4.12. The molecule has 0 amide bonds. The summed E-state index contributed by atoms with van der Waals surface area (Å²) in [5.74, 6) is 1.60. The Morgan fingerprint density at radius 2 is 2.06 bits per heavy atom. The van der Waals surface area contributed by atoms with E-state index in [4.69, 9.17) is 0 Å². The molecule has 2 rings (SSSR count). The summed E-state index contributed by atoms with van der Waals surface area (Å²) < 4.78 is 0. The van der Waals surface area contributed by atoms with Crippen molar-refractivity contribution in [3.63, 3.8) is 0 Å². The molecule has 0 unspecified atom stereocenters. The molecule has 1 N–H and O–H groups in total. The maximum atomic E-state index is 4.36. The summed E-state index contributed by atoms with van der Waals surface area (Å²) in [7, 11) is 0. The van der Waals surface area contributed by atoms with Crippen LogP contribution in [0.4, 0.5) is 5.82 Å². The number of fused-ring (bicyclic) bond motifs is 1. The number of hydrogen-bond acceptors (Lipinski definition) is 5. The highest BCUT2D eigenvalue weighted by molar-refractivity contribution is 5.85. The van der Waals surface area contributed by atoms with E-state index in [1.54, 1.807) is 6.20 Å². The number of aryl methyl sites for hydroxylation is 1. The third kappa shape index (κ3) is 2.08. The molecule has 0 spiro atoms. The highest BCUT2D eigenvalue weighted by Gasteiger charge is 2.06. The Hall–Kier alpha value is -1.78. The molecule has 2 aromatic rings. The van der Waals surface area contributed by atoms with Gasteiger partial charge in [0.05, 0.1) is 5.39 Å². The Balaban J connectivity index is 2.51. The lowest BCUT2D eigenvalue weighted by Gasteiger charge is -2.10. The molecule has 0 radical (unpaired) electrons. The fourth-order valence-corrected chi connectivity index (χ4v) is 1.44. The van der Waals surface area contributed by atoms with Crippen molar-refractivity contribution in [2.75, 3.05) is 5.32 Å². The van der Waals surface area contributed by atoms with Crippen LogP contribution in [0.1, 0.15) is 26.6 Å². The summed E-state index contributed by atoms with van der Waals surface area (Å²) in [5, 5.41) is 4.12. The maximum absolute atomic E-state index is 4.36. The van der Waals surface area contributed by atoms with Crippen LogP contribution in [0.25, 0.3) is 11.0 Å². The van der Waals surface area contributed by atoms with E-state index in [1.165, 1.54) is 6.33 Å². The first-order valence-electron chi connectivity index (χ1n) is 5.44. The molecule has 0 bridgehead atoms. The second kappa shape index (κ2) is 4.38. The van der Waals surface area contributed by atoms with Crippen molar-refractivity contribution in [1.82, 2.24) is 19.9 Å². The molecule has 5 nitrogen and oxygen atoms in total. The standard InChI is InChI=1S/C11H15N5/c1-4-9-12-5-8-10(15-7(2)3)13-6-14-11(8)16-9/h5-7H,4H2,1-3H3,(H,12,13,14,15,16). The molecular formula is C11H15N5. The van der Waals surface area contributed by atoms with E-state index in [-0.39, 0.29) is 0 Å². The van der Waals surface area contributed by atoms with Crippen molar-refractivity contribution in [3.05, 3.63) is 18.3 Å². The van der Waals surface area contributed by atoms with Gasteiger partial charge in [-0.2, -0.15) is 0 Å². The van der Waals surface area contributed by atoms with Crippen LogP contribution in [0, 0.1) is 0 Å². The van der Waals surface area contributed by atoms with Gasteiger partial charge in [0.25, 0.3) is 0 Å². The Morgan fingerprint density at radius 1 is 1.25 bits per heavy atom. The van der Waals surface area contributed by atoms with Crippen molar-refractivity contribution in [3.8, 4) is 0 Å². The van der Waals surface area contributed by atoms with Crippen molar-refractivity contribution in [2.45, 2.75) is 33.2 Å². The molecule has 5 heteroatoms. The molecule has 0 fully saturated rings. The fraction of sp³-hybridized carbons (Fsp3) is 0.455. The third-order valence-corrected chi connectivity index (χ3v) is 2.18. The largest absolute Gasteiger partial charge is 0.367 e. The van der Waals surface area contributed by atoms with Crippen LogP contribution in [0.3, 0.4) is 0 Å². The molecule has 2 heterocycles. The van der Waals surface area contributed by atoms with Gasteiger partial charge in [0, 0.05) is 18.7 Å². The fourth-order valence-electron chi connectivity index (χ4n) is 1.44. The van der Waals surface area contributed by atoms with E-state index >= 15 is 0 Å². The highest BCUT2D eigenvalue weighted by Crippen LogP contribution is 2.17. The zero-order valence-electron chi connectivity index (χ0n) is 9.73. The highest BCUT2D eigenvalue weighted by atomic mass is 15.1. The van der Waals surface area contributed by atoms with Crippen LogP contribution in [-0.4, -0.2) is 26.0 Å². The summed E-state index contributed by atoms with van der Waals surface area (Å²) in [5.41, 5.74) is 0.699. The van der Waals surface area contributed by atoms with Gasteiger partial charge in [-0.25, -0.2) is 19.9 Å². The van der Waals surface area contributed by atoms with E-state index in [0.29, 0.717) is 11.7 Å². The minimum Gasteiger partial charge on any atom is -0.367 e. The van der Waals surface area contributed by atoms with Crippen molar-refractivity contribution >= 4 is 16.9 Å². The molecule has 0 aliphatic heterocycles. The van der Waals surface area contributed by atoms with E-state index in [2.05, 4.69) is 39.1 Å². The minimum atomic E-state index is 0.323. The first-order chi connectivity index (χ1) is 7.70. The number of nitrogens with one attached hydrogen (secondary N) is 1. The van der Waals surface area contributed by atoms with Gasteiger partial charge >= 0.3 is 0 Å². The van der Waals surface area contributed by atoms with Gasteiger partial charge in [-0.1, -0.05) is 6.92 Å². The molecule has 84 valence electrons. The number of anilines is 1. The zero-order chi connectivity index (χ0) is 11.5. The van der Waals surface area contributed by atoms with Gasteiger partial charge in [-0.3, -0.25) is 0 Å². The Kier molecular flexibility index (Phi) is 2.94. The van der Waals surface area contributed by atoms with Crippen molar-refractivity contribution in [1.29, 1.82) is 0 Å². The molecular weight excluding hydrogens is 202 g/mol. The van der Waals surface area contributed by atoms with Crippen LogP contribution in [-0.2, 0) is 6.42 Å². The maximum Gasteiger partial charge on any atom is 0.168 e. The van der Waals surface area contributed by atoms with Gasteiger partial charge in [0.15, 0.2) is 5.65 Å². The van der Waals surface area contributed by atoms with Crippen LogP contribution in [0.5, 0.6) is 0 Å². The average Bonchev–Trinajstić information content (AvgIpc) is 2.28. The smallest absolute Gasteiger partial charge is 0.168 e. The SMILES string of the molecule is CCc1ncc2c(NC(C)C)ncnc2n1. The van der Waals surface area contributed by atoms with Crippen molar-refractivity contribution in [2.24, 2.45) is 0 Å². The van der Waals surface area contributed by atoms with Crippen LogP contribution in [0.2, 0.25) is 0 Å². The first kappa shape index (κ1) is 10.7. The second-order valence-electron chi connectivity index (χ2n) is 3.90. The molecule has 0 aliphatic rings. The average molecular weight is 217 g/mol. The van der Waals surface area contributed by atoms with Gasteiger partial charge in [-0.15, -0.1) is 0 Å². The first-order valence-corrected chi connectivity index (χ1v) is 5.44. The van der Waals surface area contributed by atoms with Gasteiger partial charge < -0.3 is 5.32 Å². The molecule has 16 heavy (non-hydrogen) atoms. The molecule has 0 aliphatic carbocycles. The molecule has 0 saturated carbocycles. The Morgan fingerprint density at radius 3 is 2.75 bits per heavy atom. The second-order valence-corrected chi connectivity index (χ2v) is 3.90. The molecule has 0 atom stereocenters. The molecule has 2 aromatic heterocycles. The predicted octanol–water partition coefficient (Wildman–Crippen LogP) is 1.80. The summed E-state index contributed by atoms with van der Waals surface area (Å²) >= 11 is 0. The third-order valence-electron chi connectivity index (χ3n) is 2.18. The van der Waals surface area contributed by atoms with E-state index < -0.39 is 0 Å². The minimum absolute atomic E-state index is 0.323. The Labute approximate surface area is 94.4 Å². The molecule has 0 saturated heterocycles. The number of rotatable bonds is 3. The van der Waals surface area contributed by atoms with Gasteiger partial charge in [0.1, 0.15) is 18.0 Å². The van der Waals surface area contributed by atoms with E-state index in [0.717, 1.165) is 23.4 Å². The number of hydrogen-bond donors (Lipinski definition) is 1. The lowest BCUT2D eigenvalue weighted by Crippen LogP contribution is -2.12. The van der Waals surface area contributed by atoms with Gasteiger partial charge in [0.2, 0.25) is 0 Å². The van der Waals surface area contributed by atoms with Crippen LogP contribution >= 0.6 is 0 Å². The van der Waals surface area contributed by atoms with Gasteiger partial charge in [-0.05, 0) is 13.8 Å². The lowest BCUT2D eigenvalue weighted by atomic mass is 10.3. The van der Waals surface area contributed by atoms with Crippen molar-refractivity contribution < 1.29 is 0 Å². The summed E-state index contributed by atoms with van der Waals surface area (Å²) in [6, 6.07) is 0.323. The normalized spacial score (nSPS) is 11.0. The summed E-state index contributed by atoms with van der Waals surface area (Å²) in [6.45, 7) is 6.15. The van der Waals surface area contributed by atoms with E-state index in [1.807, 2.05) is 6.92 Å². The molecule has 0 aromatic carbocycles.